The van der Waals surface area contributed by atoms with Crippen molar-refractivity contribution in [2.75, 3.05) is 5.73 Å². The van der Waals surface area contributed by atoms with Crippen LogP contribution < -0.4 is 5.73 Å². The molecular formula is C11H19N3OS. The van der Waals surface area contributed by atoms with Crippen molar-refractivity contribution in [3.8, 4) is 0 Å². The van der Waals surface area contributed by atoms with E-state index in [1.165, 1.54) is 11.3 Å². The molecule has 0 aromatic carbocycles. The maximum Gasteiger partial charge on any atom is 0.266 e. The number of nitrogens with zero attached hydrogens (tertiary/aromatic N) is 2. The average molecular weight is 241 g/mol. The summed E-state index contributed by atoms with van der Waals surface area (Å²) in [5.74, 6) is 0.0247. The molecule has 0 saturated heterocycles. The van der Waals surface area contributed by atoms with Crippen LogP contribution in [0, 0.1) is 6.92 Å². The lowest BCUT2D eigenvalue weighted by Crippen LogP contribution is -2.41. The van der Waals surface area contributed by atoms with Gasteiger partial charge in [-0.15, -0.1) is 0 Å². The van der Waals surface area contributed by atoms with E-state index in [-0.39, 0.29) is 18.0 Å². The smallest absolute Gasteiger partial charge is 0.266 e. The third-order valence-corrected chi connectivity index (χ3v) is 3.33. The van der Waals surface area contributed by atoms with Gasteiger partial charge in [-0.3, -0.25) is 4.79 Å². The molecule has 1 heterocycles. The molecule has 1 aromatic heterocycles. The van der Waals surface area contributed by atoms with Crippen molar-refractivity contribution in [2.24, 2.45) is 0 Å². The highest BCUT2D eigenvalue weighted by Gasteiger charge is 2.25. The Morgan fingerprint density at radius 3 is 2.12 bits per heavy atom. The van der Waals surface area contributed by atoms with E-state index in [0.717, 1.165) is 5.69 Å². The molecule has 0 aliphatic rings. The van der Waals surface area contributed by atoms with Gasteiger partial charge in [-0.25, -0.2) is 4.98 Å². The summed E-state index contributed by atoms with van der Waals surface area (Å²) in [7, 11) is 0. The summed E-state index contributed by atoms with van der Waals surface area (Å²) in [6, 6.07) is 0.352. The molecule has 0 bridgehead atoms. The molecule has 0 aliphatic carbocycles. The van der Waals surface area contributed by atoms with Crippen LogP contribution in [0.25, 0.3) is 0 Å². The van der Waals surface area contributed by atoms with E-state index in [4.69, 9.17) is 5.73 Å². The van der Waals surface area contributed by atoms with E-state index in [1.807, 2.05) is 39.5 Å². The zero-order valence-corrected chi connectivity index (χ0v) is 11.3. The van der Waals surface area contributed by atoms with Crippen molar-refractivity contribution in [1.29, 1.82) is 0 Å². The molecule has 0 fully saturated rings. The third-order valence-electron chi connectivity index (χ3n) is 2.35. The van der Waals surface area contributed by atoms with Gasteiger partial charge < -0.3 is 10.6 Å². The molecule has 1 aromatic rings. The van der Waals surface area contributed by atoms with Crippen molar-refractivity contribution in [1.82, 2.24) is 9.88 Å². The normalized spacial score (nSPS) is 11.2. The summed E-state index contributed by atoms with van der Waals surface area (Å²) in [6.45, 7) is 9.86. The van der Waals surface area contributed by atoms with Crippen molar-refractivity contribution in [3.05, 3.63) is 10.6 Å². The van der Waals surface area contributed by atoms with Crippen molar-refractivity contribution >= 4 is 22.4 Å². The van der Waals surface area contributed by atoms with Gasteiger partial charge >= 0.3 is 0 Å². The van der Waals surface area contributed by atoms with E-state index in [0.29, 0.717) is 10.0 Å². The summed E-state index contributed by atoms with van der Waals surface area (Å²) in [6.07, 6.45) is 0. The van der Waals surface area contributed by atoms with Crippen LogP contribution in [0.4, 0.5) is 5.13 Å². The maximum atomic E-state index is 12.3. The zero-order chi connectivity index (χ0) is 12.5. The Balaban J connectivity index is 3.04. The highest BCUT2D eigenvalue weighted by molar-refractivity contribution is 7.17. The predicted molar refractivity (Wildman–Crippen MR) is 67.7 cm³/mol. The molecule has 1 rings (SSSR count). The molecule has 0 unspecified atom stereocenters. The SMILES string of the molecule is Cc1nc(N)sc1C(=O)N(C(C)C)C(C)C. The van der Waals surface area contributed by atoms with E-state index >= 15 is 0 Å². The topological polar surface area (TPSA) is 59.2 Å². The van der Waals surface area contributed by atoms with Crippen LogP contribution in [0.5, 0.6) is 0 Å². The highest BCUT2D eigenvalue weighted by atomic mass is 32.1. The van der Waals surface area contributed by atoms with Gasteiger partial charge in [0.15, 0.2) is 5.13 Å². The average Bonchev–Trinajstić information content (AvgIpc) is 2.43. The van der Waals surface area contributed by atoms with Gasteiger partial charge in [-0.05, 0) is 34.6 Å². The first-order chi connectivity index (χ1) is 7.34. The first-order valence-electron chi connectivity index (χ1n) is 5.40. The molecule has 1 amide bonds. The molecule has 0 radical (unpaired) electrons. The molecule has 90 valence electrons. The molecule has 0 aliphatic heterocycles. The molecular weight excluding hydrogens is 222 g/mol. The largest absolute Gasteiger partial charge is 0.375 e. The Morgan fingerprint density at radius 1 is 1.31 bits per heavy atom. The number of rotatable bonds is 3. The number of hydrogen-bond donors (Lipinski definition) is 1. The Labute approximate surface area is 100 Å². The van der Waals surface area contributed by atoms with Crippen LogP contribution in [0.3, 0.4) is 0 Å². The number of hydrogen-bond acceptors (Lipinski definition) is 4. The monoisotopic (exact) mass is 241 g/mol. The first-order valence-corrected chi connectivity index (χ1v) is 6.21. The third kappa shape index (κ3) is 2.52. The molecule has 0 spiro atoms. The quantitative estimate of drug-likeness (QED) is 0.883. The second-order valence-electron chi connectivity index (χ2n) is 4.37. The molecule has 5 heteroatoms. The summed E-state index contributed by atoms with van der Waals surface area (Å²) < 4.78 is 0. The second kappa shape index (κ2) is 4.82. The van der Waals surface area contributed by atoms with E-state index < -0.39 is 0 Å². The van der Waals surface area contributed by atoms with Gasteiger partial charge in [0.1, 0.15) is 4.88 Å². The second-order valence-corrected chi connectivity index (χ2v) is 5.40. The summed E-state index contributed by atoms with van der Waals surface area (Å²) in [4.78, 5) is 18.9. The van der Waals surface area contributed by atoms with Crippen molar-refractivity contribution in [3.63, 3.8) is 0 Å². The van der Waals surface area contributed by atoms with Crippen molar-refractivity contribution in [2.45, 2.75) is 46.7 Å². The fraction of sp³-hybridized carbons (Fsp3) is 0.636. The minimum absolute atomic E-state index is 0.0247. The van der Waals surface area contributed by atoms with Gasteiger partial charge in [-0.1, -0.05) is 11.3 Å². The number of carbonyl (C=O) groups excluding carboxylic acids is 1. The number of amides is 1. The Bertz CT molecular complexity index is 377. The minimum Gasteiger partial charge on any atom is -0.375 e. The Morgan fingerprint density at radius 2 is 1.81 bits per heavy atom. The van der Waals surface area contributed by atoms with Crippen molar-refractivity contribution < 1.29 is 4.79 Å². The Kier molecular flexibility index (Phi) is 3.91. The molecule has 0 saturated carbocycles. The lowest BCUT2D eigenvalue weighted by Gasteiger charge is -2.30. The van der Waals surface area contributed by atoms with E-state index in [2.05, 4.69) is 4.98 Å². The van der Waals surface area contributed by atoms with Crippen LogP contribution >= 0.6 is 11.3 Å². The number of aryl methyl sites for hydroxylation is 1. The van der Waals surface area contributed by atoms with E-state index in [1.54, 1.807) is 0 Å². The number of carbonyl (C=O) groups is 1. The highest BCUT2D eigenvalue weighted by Crippen LogP contribution is 2.23. The fourth-order valence-corrected chi connectivity index (χ4v) is 2.58. The maximum absolute atomic E-state index is 12.3. The van der Waals surface area contributed by atoms with Gasteiger partial charge in [0.05, 0.1) is 5.69 Å². The standard InChI is InChI=1S/C11H19N3OS/c1-6(2)14(7(3)4)10(15)9-8(5)13-11(12)16-9/h6-7H,1-5H3,(H2,12,13). The zero-order valence-electron chi connectivity index (χ0n) is 10.4. The summed E-state index contributed by atoms with van der Waals surface area (Å²) in [5.41, 5.74) is 6.33. The van der Waals surface area contributed by atoms with Crippen LogP contribution in [0.15, 0.2) is 0 Å². The molecule has 4 nitrogen and oxygen atoms in total. The van der Waals surface area contributed by atoms with Crippen LogP contribution in [-0.4, -0.2) is 27.9 Å². The van der Waals surface area contributed by atoms with Crippen LogP contribution in [0.1, 0.15) is 43.1 Å². The number of nitrogen functional groups attached to an aromatic ring is 1. The molecule has 16 heavy (non-hydrogen) atoms. The number of aromatic nitrogens is 1. The fourth-order valence-electron chi connectivity index (χ4n) is 1.80. The summed E-state index contributed by atoms with van der Waals surface area (Å²) >= 11 is 1.26. The van der Waals surface area contributed by atoms with Gasteiger partial charge in [0.2, 0.25) is 0 Å². The number of nitrogens with two attached hydrogens (primary N) is 1. The molecule has 0 atom stereocenters. The summed E-state index contributed by atoms with van der Waals surface area (Å²) in [5, 5.41) is 0.452. The lowest BCUT2D eigenvalue weighted by molar-refractivity contribution is 0.0648. The minimum atomic E-state index is 0.0247. The van der Waals surface area contributed by atoms with Gasteiger partial charge in [0, 0.05) is 12.1 Å². The Hall–Kier alpha value is -1.10. The number of thiazole rings is 1. The van der Waals surface area contributed by atoms with E-state index in [9.17, 15) is 4.79 Å². The number of anilines is 1. The molecule has 2 N–H and O–H groups in total. The van der Waals surface area contributed by atoms with Gasteiger partial charge in [0.25, 0.3) is 5.91 Å². The van der Waals surface area contributed by atoms with Crippen LogP contribution in [0.2, 0.25) is 0 Å². The lowest BCUT2D eigenvalue weighted by atomic mass is 10.2. The predicted octanol–water partition coefficient (Wildman–Crippen LogP) is 2.29. The van der Waals surface area contributed by atoms with Crippen LogP contribution in [-0.2, 0) is 0 Å². The van der Waals surface area contributed by atoms with Gasteiger partial charge in [-0.2, -0.15) is 0 Å². The first kappa shape index (κ1) is 13.0.